The predicted octanol–water partition coefficient (Wildman–Crippen LogP) is 2.03. The van der Waals surface area contributed by atoms with Gasteiger partial charge in [-0.05, 0) is 24.6 Å². The Morgan fingerprint density at radius 2 is 2.06 bits per heavy atom. The number of carboxylic acid groups (broad SMARTS) is 1. The third-order valence-corrected chi connectivity index (χ3v) is 3.51. The standard InChI is InChI=1S/C11H12Cl2N2O2/c1-5-9(10(11(16)17)15-14-5)7-3-2-6(12)4-8(7)13/h2-5,9-10,14-15H,1H3,(H,16,17). The number of halogens is 2. The van der Waals surface area contributed by atoms with Crippen LogP contribution in [-0.4, -0.2) is 23.2 Å². The van der Waals surface area contributed by atoms with E-state index in [9.17, 15) is 4.79 Å². The number of hydrazine groups is 1. The number of carboxylic acids is 1. The highest BCUT2D eigenvalue weighted by Gasteiger charge is 2.39. The minimum Gasteiger partial charge on any atom is -0.480 e. The van der Waals surface area contributed by atoms with Gasteiger partial charge in [0, 0.05) is 22.0 Å². The highest BCUT2D eigenvalue weighted by Crippen LogP contribution is 2.33. The summed E-state index contributed by atoms with van der Waals surface area (Å²) in [5.74, 6) is -1.13. The molecule has 3 N–H and O–H groups in total. The first-order chi connectivity index (χ1) is 8.00. The maximum atomic E-state index is 11.1. The van der Waals surface area contributed by atoms with E-state index in [1.807, 2.05) is 6.92 Å². The summed E-state index contributed by atoms with van der Waals surface area (Å²) in [4.78, 5) is 11.1. The zero-order valence-electron chi connectivity index (χ0n) is 9.08. The van der Waals surface area contributed by atoms with Gasteiger partial charge in [0.1, 0.15) is 6.04 Å². The van der Waals surface area contributed by atoms with Crippen LogP contribution in [0.25, 0.3) is 0 Å². The van der Waals surface area contributed by atoms with Crippen LogP contribution in [0.2, 0.25) is 10.0 Å². The molecule has 1 aromatic rings. The zero-order valence-corrected chi connectivity index (χ0v) is 10.6. The SMILES string of the molecule is CC1NNC(C(=O)O)C1c1ccc(Cl)cc1Cl. The summed E-state index contributed by atoms with van der Waals surface area (Å²) in [5, 5.41) is 10.2. The Kier molecular flexibility index (Phi) is 3.58. The first-order valence-corrected chi connectivity index (χ1v) is 5.95. The Balaban J connectivity index is 2.39. The van der Waals surface area contributed by atoms with E-state index in [2.05, 4.69) is 10.9 Å². The Labute approximate surface area is 109 Å². The number of aliphatic carboxylic acids is 1. The number of carbonyl (C=O) groups is 1. The lowest BCUT2D eigenvalue weighted by atomic mass is 9.88. The Bertz CT molecular complexity index is 453. The van der Waals surface area contributed by atoms with E-state index in [-0.39, 0.29) is 12.0 Å². The maximum Gasteiger partial charge on any atom is 0.322 e. The van der Waals surface area contributed by atoms with Crippen LogP contribution in [0.1, 0.15) is 18.4 Å². The molecule has 1 aromatic carbocycles. The lowest BCUT2D eigenvalue weighted by Crippen LogP contribution is -2.38. The molecule has 0 radical (unpaired) electrons. The molecule has 1 aliphatic heterocycles. The topological polar surface area (TPSA) is 61.4 Å². The van der Waals surface area contributed by atoms with Gasteiger partial charge >= 0.3 is 5.97 Å². The molecule has 2 rings (SSSR count). The monoisotopic (exact) mass is 274 g/mol. The van der Waals surface area contributed by atoms with Crippen molar-refractivity contribution >= 4 is 29.2 Å². The minimum absolute atomic E-state index is 0.0187. The predicted molar refractivity (Wildman–Crippen MR) is 66.4 cm³/mol. The summed E-state index contributed by atoms with van der Waals surface area (Å²) in [6.45, 7) is 1.91. The van der Waals surface area contributed by atoms with Crippen molar-refractivity contribution in [2.75, 3.05) is 0 Å². The van der Waals surface area contributed by atoms with Crippen molar-refractivity contribution in [2.24, 2.45) is 0 Å². The van der Waals surface area contributed by atoms with Gasteiger partial charge in [0.2, 0.25) is 0 Å². The van der Waals surface area contributed by atoms with Crippen molar-refractivity contribution in [3.05, 3.63) is 33.8 Å². The molecule has 0 saturated carbocycles. The maximum absolute atomic E-state index is 11.1. The van der Waals surface area contributed by atoms with Crippen LogP contribution in [0.5, 0.6) is 0 Å². The molecule has 17 heavy (non-hydrogen) atoms. The van der Waals surface area contributed by atoms with Crippen molar-refractivity contribution in [1.82, 2.24) is 10.9 Å². The van der Waals surface area contributed by atoms with Crippen molar-refractivity contribution in [3.63, 3.8) is 0 Å². The second-order valence-corrected chi connectivity index (χ2v) is 4.93. The fourth-order valence-corrected chi connectivity index (χ4v) is 2.66. The van der Waals surface area contributed by atoms with Crippen LogP contribution in [0.3, 0.4) is 0 Å². The molecule has 1 aliphatic rings. The molecule has 0 bridgehead atoms. The Hall–Kier alpha value is -0.810. The Morgan fingerprint density at radius 1 is 1.35 bits per heavy atom. The average molecular weight is 275 g/mol. The number of rotatable bonds is 2. The molecular formula is C11H12Cl2N2O2. The van der Waals surface area contributed by atoms with Crippen LogP contribution in [-0.2, 0) is 4.79 Å². The summed E-state index contributed by atoms with van der Waals surface area (Å²) in [5.41, 5.74) is 6.46. The molecule has 6 heteroatoms. The van der Waals surface area contributed by atoms with E-state index in [1.54, 1.807) is 18.2 Å². The van der Waals surface area contributed by atoms with Crippen LogP contribution >= 0.6 is 23.2 Å². The van der Waals surface area contributed by atoms with Gasteiger partial charge < -0.3 is 5.11 Å². The van der Waals surface area contributed by atoms with E-state index >= 15 is 0 Å². The summed E-state index contributed by atoms with van der Waals surface area (Å²) >= 11 is 11.9. The van der Waals surface area contributed by atoms with Gasteiger partial charge in [-0.1, -0.05) is 29.3 Å². The second kappa shape index (κ2) is 4.82. The third-order valence-electron chi connectivity index (χ3n) is 2.95. The molecule has 3 atom stereocenters. The number of hydrogen-bond acceptors (Lipinski definition) is 3. The van der Waals surface area contributed by atoms with E-state index in [4.69, 9.17) is 28.3 Å². The fraction of sp³-hybridized carbons (Fsp3) is 0.364. The van der Waals surface area contributed by atoms with Crippen molar-refractivity contribution in [3.8, 4) is 0 Å². The van der Waals surface area contributed by atoms with Gasteiger partial charge in [-0.15, -0.1) is 0 Å². The number of hydrogen-bond donors (Lipinski definition) is 3. The molecule has 4 nitrogen and oxygen atoms in total. The summed E-state index contributed by atoms with van der Waals surface area (Å²) in [7, 11) is 0. The van der Waals surface area contributed by atoms with Crippen LogP contribution in [0.4, 0.5) is 0 Å². The van der Waals surface area contributed by atoms with Gasteiger partial charge in [0.15, 0.2) is 0 Å². The average Bonchev–Trinajstić information content (AvgIpc) is 2.60. The van der Waals surface area contributed by atoms with Crippen molar-refractivity contribution < 1.29 is 9.90 Å². The molecule has 1 saturated heterocycles. The third kappa shape index (κ3) is 2.40. The largest absolute Gasteiger partial charge is 0.480 e. The summed E-state index contributed by atoms with van der Waals surface area (Å²) < 4.78 is 0. The highest BCUT2D eigenvalue weighted by molar-refractivity contribution is 6.35. The van der Waals surface area contributed by atoms with E-state index in [1.165, 1.54) is 0 Å². The molecule has 1 heterocycles. The normalized spacial score (nSPS) is 28.3. The van der Waals surface area contributed by atoms with Crippen molar-refractivity contribution in [2.45, 2.75) is 24.9 Å². The van der Waals surface area contributed by atoms with Gasteiger partial charge in [-0.3, -0.25) is 10.2 Å². The Morgan fingerprint density at radius 3 is 2.65 bits per heavy atom. The molecule has 0 aliphatic carbocycles. The van der Waals surface area contributed by atoms with E-state index in [0.29, 0.717) is 10.0 Å². The fourth-order valence-electron chi connectivity index (χ4n) is 2.13. The van der Waals surface area contributed by atoms with Gasteiger partial charge in [0.25, 0.3) is 0 Å². The number of nitrogens with one attached hydrogen (secondary N) is 2. The lowest BCUT2D eigenvalue weighted by Gasteiger charge is -2.19. The van der Waals surface area contributed by atoms with Crippen molar-refractivity contribution in [1.29, 1.82) is 0 Å². The molecule has 0 amide bonds. The van der Waals surface area contributed by atoms with Gasteiger partial charge in [-0.2, -0.15) is 0 Å². The molecule has 3 unspecified atom stereocenters. The second-order valence-electron chi connectivity index (χ2n) is 4.08. The molecular weight excluding hydrogens is 263 g/mol. The summed E-state index contributed by atoms with van der Waals surface area (Å²) in [6, 6.07) is 4.41. The molecule has 0 aromatic heterocycles. The zero-order chi connectivity index (χ0) is 12.6. The smallest absolute Gasteiger partial charge is 0.322 e. The highest BCUT2D eigenvalue weighted by atomic mass is 35.5. The molecule has 1 fully saturated rings. The number of benzene rings is 1. The quantitative estimate of drug-likeness (QED) is 0.772. The van der Waals surface area contributed by atoms with Crippen LogP contribution < -0.4 is 10.9 Å². The van der Waals surface area contributed by atoms with E-state index < -0.39 is 12.0 Å². The molecule has 92 valence electrons. The summed E-state index contributed by atoms with van der Waals surface area (Å²) in [6.07, 6.45) is 0. The van der Waals surface area contributed by atoms with Gasteiger partial charge in [-0.25, -0.2) is 5.43 Å². The first-order valence-electron chi connectivity index (χ1n) is 5.19. The minimum atomic E-state index is -0.905. The van der Waals surface area contributed by atoms with Gasteiger partial charge in [0.05, 0.1) is 0 Å². The lowest BCUT2D eigenvalue weighted by molar-refractivity contribution is -0.139. The first kappa shape index (κ1) is 12.6. The molecule has 0 spiro atoms. The van der Waals surface area contributed by atoms with E-state index in [0.717, 1.165) is 5.56 Å². The van der Waals surface area contributed by atoms with Crippen LogP contribution in [0.15, 0.2) is 18.2 Å². The van der Waals surface area contributed by atoms with Crippen LogP contribution in [0, 0.1) is 0 Å².